The van der Waals surface area contributed by atoms with Gasteiger partial charge in [0.05, 0.1) is 5.25 Å². The van der Waals surface area contributed by atoms with E-state index in [0.29, 0.717) is 5.92 Å². The van der Waals surface area contributed by atoms with Gasteiger partial charge in [-0.15, -0.1) is 0 Å². The fourth-order valence-corrected chi connectivity index (χ4v) is 6.32. The van der Waals surface area contributed by atoms with Gasteiger partial charge in [-0.3, -0.25) is 0 Å². The summed E-state index contributed by atoms with van der Waals surface area (Å²) in [5, 5.41) is 3.30. The van der Waals surface area contributed by atoms with E-state index < -0.39 is 9.84 Å². The molecule has 3 atom stereocenters. The fraction of sp³-hybridized carbons (Fsp3) is 0.625. The first-order chi connectivity index (χ1) is 9.54. The molecular formula is C16H23NO2S. The second-order valence-electron chi connectivity index (χ2n) is 6.36. The van der Waals surface area contributed by atoms with E-state index in [0.717, 1.165) is 38.8 Å². The summed E-state index contributed by atoms with van der Waals surface area (Å²) in [6, 6.07) is 10.4. The van der Waals surface area contributed by atoms with Crippen molar-refractivity contribution in [2.75, 3.05) is 19.3 Å². The van der Waals surface area contributed by atoms with Crippen LogP contribution >= 0.6 is 0 Å². The maximum atomic E-state index is 12.3. The molecule has 1 aromatic rings. The predicted molar refractivity (Wildman–Crippen MR) is 81.6 cm³/mol. The van der Waals surface area contributed by atoms with E-state index >= 15 is 0 Å². The summed E-state index contributed by atoms with van der Waals surface area (Å²) < 4.78 is 24.5. The lowest BCUT2D eigenvalue weighted by Crippen LogP contribution is -2.49. The summed E-state index contributed by atoms with van der Waals surface area (Å²) in [5.74, 6) is 0.319. The van der Waals surface area contributed by atoms with Crippen LogP contribution in [0.5, 0.6) is 0 Å². The van der Waals surface area contributed by atoms with Crippen LogP contribution < -0.4 is 5.32 Å². The van der Waals surface area contributed by atoms with Crippen molar-refractivity contribution in [3.8, 4) is 0 Å². The SMILES string of the molecule is CS(=O)(=O)C1CCCC12CCNCC2c1ccccc1. The molecule has 0 radical (unpaired) electrons. The van der Waals surface area contributed by atoms with Crippen molar-refractivity contribution in [1.82, 2.24) is 5.32 Å². The van der Waals surface area contributed by atoms with Crippen molar-refractivity contribution < 1.29 is 8.42 Å². The van der Waals surface area contributed by atoms with Gasteiger partial charge in [-0.25, -0.2) is 8.42 Å². The fourth-order valence-electron chi connectivity index (χ4n) is 4.47. The lowest BCUT2D eigenvalue weighted by Gasteiger charge is -2.45. The highest BCUT2D eigenvalue weighted by atomic mass is 32.2. The number of piperidine rings is 1. The van der Waals surface area contributed by atoms with Crippen LogP contribution in [0.1, 0.15) is 37.2 Å². The topological polar surface area (TPSA) is 46.2 Å². The molecule has 1 saturated heterocycles. The van der Waals surface area contributed by atoms with Gasteiger partial charge in [0.15, 0.2) is 9.84 Å². The van der Waals surface area contributed by atoms with E-state index in [4.69, 9.17) is 0 Å². The molecule has 0 bridgehead atoms. The molecule has 2 aliphatic rings. The van der Waals surface area contributed by atoms with Crippen molar-refractivity contribution in [2.45, 2.75) is 36.9 Å². The Morgan fingerprint density at radius 2 is 1.95 bits per heavy atom. The van der Waals surface area contributed by atoms with E-state index in [1.807, 2.05) is 6.07 Å². The Labute approximate surface area is 121 Å². The van der Waals surface area contributed by atoms with Crippen LogP contribution in [-0.2, 0) is 9.84 Å². The van der Waals surface area contributed by atoms with E-state index in [1.54, 1.807) is 0 Å². The molecule has 3 unspecified atom stereocenters. The average Bonchev–Trinajstić information content (AvgIpc) is 2.84. The minimum Gasteiger partial charge on any atom is -0.316 e. The number of hydrogen-bond acceptors (Lipinski definition) is 3. The quantitative estimate of drug-likeness (QED) is 0.910. The van der Waals surface area contributed by atoms with Crippen molar-refractivity contribution in [3.63, 3.8) is 0 Å². The van der Waals surface area contributed by atoms with Gasteiger partial charge in [0.1, 0.15) is 0 Å². The molecule has 20 heavy (non-hydrogen) atoms. The summed E-state index contributed by atoms with van der Waals surface area (Å²) in [4.78, 5) is 0. The minimum atomic E-state index is -2.98. The number of sulfone groups is 1. The molecule has 3 rings (SSSR count). The van der Waals surface area contributed by atoms with Crippen LogP contribution in [0.15, 0.2) is 30.3 Å². The van der Waals surface area contributed by atoms with Crippen LogP contribution in [0.2, 0.25) is 0 Å². The number of hydrogen-bond donors (Lipinski definition) is 1. The Hall–Kier alpha value is -0.870. The summed E-state index contributed by atoms with van der Waals surface area (Å²) in [5.41, 5.74) is 1.23. The molecule has 110 valence electrons. The third kappa shape index (κ3) is 2.29. The van der Waals surface area contributed by atoms with Gasteiger partial charge in [-0.1, -0.05) is 36.8 Å². The maximum Gasteiger partial charge on any atom is 0.150 e. The summed E-state index contributed by atoms with van der Waals surface area (Å²) >= 11 is 0. The zero-order valence-electron chi connectivity index (χ0n) is 12.0. The first-order valence-corrected chi connectivity index (χ1v) is 9.44. The molecule has 1 aromatic carbocycles. The number of benzene rings is 1. The van der Waals surface area contributed by atoms with Crippen LogP contribution in [0, 0.1) is 5.41 Å². The molecule has 1 heterocycles. The standard InChI is InChI=1S/C16H23NO2S/c1-20(18,19)15-8-5-9-16(15)10-11-17-12-14(16)13-6-3-2-4-7-13/h2-4,6-7,14-15,17H,5,8-12H2,1H3. The molecule has 0 aromatic heterocycles. The average molecular weight is 293 g/mol. The first-order valence-electron chi connectivity index (χ1n) is 7.48. The molecule has 1 aliphatic carbocycles. The zero-order chi connectivity index (χ0) is 14.2. The van der Waals surface area contributed by atoms with Crippen molar-refractivity contribution in [1.29, 1.82) is 0 Å². The van der Waals surface area contributed by atoms with E-state index in [-0.39, 0.29) is 10.7 Å². The van der Waals surface area contributed by atoms with Crippen LogP contribution in [0.3, 0.4) is 0 Å². The lowest BCUT2D eigenvalue weighted by atomic mass is 9.66. The highest BCUT2D eigenvalue weighted by Gasteiger charge is 2.53. The Morgan fingerprint density at radius 1 is 1.20 bits per heavy atom. The van der Waals surface area contributed by atoms with Gasteiger partial charge in [0.2, 0.25) is 0 Å². The van der Waals surface area contributed by atoms with Crippen molar-refractivity contribution in [3.05, 3.63) is 35.9 Å². The van der Waals surface area contributed by atoms with E-state index in [9.17, 15) is 8.42 Å². The third-order valence-electron chi connectivity index (χ3n) is 5.28. The van der Waals surface area contributed by atoms with Gasteiger partial charge in [-0.2, -0.15) is 0 Å². The Morgan fingerprint density at radius 3 is 2.65 bits per heavy atom. The number of nitrogens with one attached hydrogen (secondary N) is 1. The Bertz CT molecular complexity index is 569. The number of rotatable bonds is 2. The molecule has 1 aliphatic heterocycles. The smallest absolute Gasteiger partial charge is 0.150 e. The first kappa shape index (κ1) is 14.1. The maximum absolute atomic E-state index is 12.3. The van der Waals surface area contributed by atoms with E-state index in [2.05, 4.69) is 29.6 Å². The van der Waals surface area contributed by atoms with Gasteiger partial charge in [0, 0.05) is 18.7 Å². The van der Waals surface area contributed by atoms with E-state index in [1.165, 1.54) is 11.8 Å². The molecule has 0 amide bonds. The monoisotopic (exact) mass is 293 g/mol. The second-order valence-corrected chi connectivity index (χ2v) is 8.59. The second kappa shape index (κ2) is 5.15. The molecule has 3 nitrogen and oxygen atoms in total. The van der Waals surface area contributed by atoms with Crippen LogP contribution in [0.25, 0.3) is 0 Å². The van der Waals surface area contributed by atoms with Crippen molar-refractivity contribution in [2.24, 2.45) is 5.41 Å². The van der Waals surface area contributed by atoms with Crippen LogP contribution in [-0.4, -0.2) is 33.0 Å². The highest BCUT2D eigenvalue weighted by Crippen LogP contribution is 2.54. The molecule has 1 spiro atoms. The van der Waals surface area contributed by atoms with Crippen LogP contribution in [0.4, 0.5) is 0 Å². The zero-order valence-corrected chi connectivity index (χ0v) is 12.8. The predicted octanol–water partition coefficient (Wildman–Crippen LogP) is 2.35. The normalized spacial score (nSPS) is 34.5. The summed E-state index contributed by atoms with van der Waals surface area (Å²) in [6.07, 6.45) is 5.33. The molecule has 4 heteroatoms. The third-order valence-corrected chi connectivity index (χ3v) is 7.02. The van der Waals surface area contributed by atoms with Gasteiger partial charge in [0.25, 0.3) is 0 Å². The summed E-state index contributed by atoms with van der Waals surface area (Å²) in [7, 11) is -2.98. The van der Waals surface area contributed by atoms with Gasteiger partial charge < -0.3 is 5.32 Å². The van der Waals surface area contributed by atoms with Gasteiger partial charge in [-0.05, 0) is 36.8 Å². The molecule has 1 saturated carbocycles. The molecule has 2 fully saturated rings. The van der Waals surface area contributed by atoms with Crippen molar-refractivity contribution >= 4 is 9.84 Å². The Balaban J connectivity index is 2.04. The Kier molecular flexibility index (Phi) is 3.63. The molecular weight excluding hydrogens is 270 g/mol. The summed E-state index contributed by atoms with van der Waals surface area (Å²) in [6.45, 7) is 1.84. The van der Waals surface area contributed by atoms with Gasteiger partial charge >= 0.3 is 0 Å². The molecule has 1 N–H and O–H groups in total. The highest BCUT2D eigenvalue weighted by molar-refractivity contribution is 7.91. The minimum absolute atomic E-state index is 0.0554. The largest absolute Gasteiger partial charge is 0.316 e. The lowest BCUT2D eigenvalue weighted by molar-refractivity contribution is 0.173.